The maximum Gasteiger partial charge on any atom is 0.331 e. The van der Waals surface area contributed by atoms with E-state index >= 15 is 0 Å². The van der Waals surface area contributed by atoms with Gasteiger partial charge in [-0.1, -0.05) is 40.0 Å². The fourth-order valence-corrected chi connectivity index (χ4v) is 2.83. The van der Waals surface area contributed by atoms with Crippen molar-refractivity contribution in [2.75, 3.05) is 6.61 Å². The zero-order valence-electron chi connectivity index (χ0n) is 19.6. The first-order chi connectivity index (χ1) is 14.7. The Labute approximate surface area is 185 Å². The number of ether oxygens (including phenoxy) is 2. The number of unbranched alkanes of at least 4 members (excludes halogenated alkanes) is 1. The second kappa shape index (κ2) is 16.5. The van der Waals surface area contributed by atoms with Crippen molar-refractivity contribution in [3.8, 4) is 0 Å². The number of amides is 2. The minimum Gasteiger partial charge on any atom is -0.464 e. The van der Waals surface area contributed by atoms with E-state index in [1.54, 1.807) is 6.92 Å². The van der Waals surface area contributed by atoms with Crippen molar-refractivity contribution in [2.24, 2.45) is 0 Å². The van der Waals surface area contributed by atoms with Gasteiger partial charge in [-0.3, -0.25) is 14.4 Å². The highest BCUT2D eigenvalue weighted by Crippen LogP contribution is 2.06. The van der Waals surface area contributed by atoms with E-state index < -0.39 is 41.9 Å². The Kier molecular flexibility index (Phi) is 15.4. The summed E-state index contributed by atoms with van der Waals surface area (Å²) in [6, 6.07) is -2.12. The molecule has 2 unspecified atom stereocenters. The lowest BCUT2D eigenvalue weighted by molar-refractivity contribution is -0.151. The molecule has 9 nitrogen and oxygen atoms in total. The summed E-state index contributed by atoms with van der Waals surface area (Å²) < 4.78 is 10.3. The van der Waals surface area contributed by atoms with Crippen LogP contribution in [-0.4, -0.2) is 59.8 Å². The van der Waals surface area contributed by atoms with E-state index in [1.807, 2.05) is 20.8 Å². The number of hydrogen-bond acceptors (Lipinski definition) is 7. The first kappa shape index (κ1) is 28.8. The van der Waals surface area contributed by atoms with Gasteiger partial charge in [0.05, 0.1) is 25.2 Å². The maximum atomic E-state index is 12.6. The lowest BCUT2D eigenvalue weighted by Crippen LogP contribution is -2.55. The third-order valence-electron chi connectivity index (χ3n) is 4.59. The number of rotatable bonds is 16. The quantitative estimate of drug-likeness (QED) is 0.245. The smallest absolute Gasteiger partial charge is 0.331 e. The largest absolute Gasteiger partial charge is 0.464 e. The van der Waals surface area contributed by atoms with E-state index in [-0.39, 0.29) is 25.6 Å². The molecule has 0 aromatic rings. The second-order valence-electron chi connectivity index (χ2n) is 7.75. The fourth-order valence-electron chi connectivity index (χ4n) is 2.83. The predicted octanol–water partition coefficient (Wildman–Crippen LogP) is 1.99. The molecule has 0 bridgehead atoms. The molecule has 0 aliphatic carbocycles. The van der Waals surface area contributed by atoms with E-state index in [1.165, 1.54) is 6.92 Å². The SMILES string of the molecule is CCCCOC(=O)[C@@H](NC(=O)[C@H](CCC)NC(=O)CCC(=O)OC(C)CCC)C(C)O. The number of esters is 2. The number of carbonyl (C=O) groups excluding carboxylic acids is 4. The molecule has 9 heteroatoms. The van der Waals surface area contributed by atoms with Gasteiger partial charge in [0.25, 0.3) is 0 Å². The normalized spacial score (nSPS) is 14.6. The molecular formula is C22H40N2O7. The summed E-state index contributed by atoms with van der Waals surface area (Å²) >= 11 is 0. The van der Waals surface area contributed by atoms with Crippen LogP contribution in [0.4, 0.5) is 0 Å². The Hall–Kier alpha value is -2.16. The molecule has 0 rings (SSSR count). The van der Waals surface area contributed by atoms with Gasteiger partial charge in [0.15, 0.2) is 6.04 Å². The van der Waals surface area contributed by atoms with Gasteiger partial charge in [-0.25, -0.2) is 4.79 Å². The van der Waals surface area contributed by atoms with Crippen LogP contribution in [0.15, 0.2) is 0 Å². The molecule has 2 amide bonds. The number of aliphatic hydroxyl groups excluding tert-OH is 1. The Bertz CT molecular complexity index is 566. The van der Waals surface area contributed by atoms with Crippen molar-refractivity contribution in [2.45, 2.75) is 110 Å². The number of nitrogens with one attached hydrogen (secondary N) is 2. The maximum absolute atomic E-state index is 12.6. The van der Waals surface area contributed by atoms with Crippen LogP contribution in [0.5, 0.6) is 0 Å². The lowest BCUT2D eigenvalue weighted by atomic mass is 10.1. The molecule has 0 fully saturated rings. The van der Waals surface area contributed by atoms with Crippen molar-refractivity contribution in [3.63, 3.8) is 0 Å². The van der Waals surface area contributed by atoms with Crippen molar-refractivity contribution in [1.29, 1.82) is 0 Å². The Morgan fingerprint density at radius 2 is 1.55 bits per heavy atom. The minimum absolute atomic E-state index is 0.0829. The first-order valence-corrected chi connectivity index (χ1v) is 11.3. The van der Waals surface area contributed by atoms with Crippen molar-refractivity contribution in [3.05, 3.63) is 0 Å². The molecule has 0 spiro atoms. The third-order valence-corrected chi connectivity index (χ3v) is 4.59. The van der Waals surface area contributed by atoms with Crippen molar-refractivity contribution < 1.29 is 33.8 Å². The zero-order valence-corrected chi connectivity index (χ0v) is 19.6. The molecule has 0 radical (unpaired) electrons. The zero-order chi connectivity index (χ0) is 23.8. The monoisotopic (exact) mass is 444 g/mol. The number of hydrogen-bond donors (Lipinski definition) is 3. The molecule has 3 N–H and O–H groups in total. The van der Waals surface area contributed by atoms with Gasteiger partial charge >= 0.3 is 11.9 Å². The van der Waals surface area contributed by atoms with Crippen LogP contribution in [-0.2, 0) is 28.7 Å². The fraction of sp³-hybridized carbons (Fsp3) is 0.818. The summed E-state index contributed by atoms with van der Waals surface area (Å²) in [5, 5.41) is 14.9. The summed E-state index contributed by atoms with van der Waals surface area (Å²) in [6.45, 7) is 9.18. The molecule has 4 atom stereocenters. The van der Waals surface area contributed by atoms with E-state index in [0.29, 0.717) is 19.3 Å². The molecule has 0 aromatic heterocycles. The van der Waals surface area contributed by atoms with Gasteiger partial charge in [-0.15, -0.1) is 0 Å². The van der Waals surface area contributed by atoms with E-state index in [0.717, 1.165) is 19.3 Å². The summed E-state index contributed by atoms with van der Waals surface area (Å²) in [6.07, 6.45) is 2.57. The van der Waals surface area contributed by atoms with Crippen LogP contribution in [0.3, 0.4) is 0 Å². The van der Waals surface area contributed by atoms with Crippen LogP contribution in [0.1, 0.15) is 86.0 Å². The lowest BCUT2D eigenvalue weighted by Gasteiger charge is -2.24. The van der Waals surface area contributed by atoms with E-state index in [9.17, 15) is 24.3 Å². The van der Waals surface area contributed by atoms with Gasteiger partial charge in [0, 0.05) is 6.42 Å². The molecule has 180 valence electrons. The predicted molar refractivity (Wildman–Crippen MR) is 116 cm³/mol. The standard InChI is InChI=1S/C22H40N2O7/c1-6-9-14-30-22(29)20(16(5)25)24-21(28)17(11-8-3)23-18(26)12-13-19(27)31-15(4)10-7-2/h15-17,20,25H,6-14H2,1-5H3,(H,23,26)(H,24,28)/t15?,16?,17-,20-/m0/s1. The number of carbonyl (C=O) groups is 4. The average molecular weight is 445 g/mol. The Morgan fingerprint density at radius 1 is 0.903 bits per heavy atom. The summed E-state index contributed by atoms with van der Waals surface area (Å²) in [7, 11) is 0. The molecule has 0 saturated carbocycles. The molecule has 0 aromatic carbocycles. The van der Waals surface area contributed by atoms with Crippen molar-refractivity contribution in [1.82, 2.24) is 10.6 Å². The van der Waals surface area contributed by atoms with Gasteiger partial charge in [-0.05, 0) is 33.1 Å². The van der Waals surface area contributed by atoms with Crippen LogP contribution >= 0.6 is 0 Å². The first-order valence-electron chi connectivity index (χ1n) is 11.3. The molecule has 31 heavy (non-hydrogen) atoms. The van der Waals surface area contributed by atoms with Crippen LogP contribution < -0.4 is 10.6 Å². The van der Waals surface area contributed by atoms with Crippen molar-refractivity contribution >= 4 is 23.8 Å². The molecule has 0 saturated heterocycles. The third kappa shape index (κ3) is 13.0. The molecule has 0 heterocycles. The van der Waals surface area contributed by atoms with E-state index in [4.69, 9.17) is 9.47 Å². The van der Waals surface area contributed by atoms with Crippen LogP contribution in [0.25, 0.3) is 0 Å². The van der Waals surface area contributed by atoms with Crippen LogP contribution in [0, 0.1) is 0 Å². The Morgan fingerprint density at radius 3 is 2.10 bits per heavy atom. The highest BCUT2D eigenvalue weighted by atomic mass is 16.5. The van der Waals surface area contributed by atoms with Crippen LogP contribution in [0.2, 0.25) is 0 Å². The van der Waals surface area contributed by atoms with Gasteiger partial charge in [-0.2, -0.15) is 0 Å². The van der Waals surface area contributed by atoms with E-state index in [2.05, 4.69) is 10.6 Å². The molecule has 0 aliphatic rings. The summed E-state index contributed by atoms with van der Waals surface area (Å²) in [5.74, 6) is -2.24. The summed E-state index contributed by atoms with van der Waals surface area (Å²) in [5.41, 5.74) is 0. The topological polar surface area (TPSA) is 131 Å². The minimum atomic E-state index is -1.23. The highest BCUT2D eigenvalue weighted by Gasteiger charge is 2.30. The molecular weight excluding hydrogens is 404 g/mol. The number of aliphatic hydroxyl groups is 1. The average Bonchev–Trinajstić information content (AvgIpc) is 2.69. The highest BCUT2D eigenvalue weighted by molar-refractivity contribution is 5.91. The Balaban J connectivity index is 4.77. The van der Waals surface area contributed by atoms with Gasteiger partial charge in [0.1, 0.15) is 6.04 Å². The summed E-state index contributed by atoms with van der Waals surface area (Å²) in [4.78, 5) is 48.9. The van der Waals surface area contributed by atoms with Gasteiger partial charge in [0.2, 0.25) is 11.8 Å². The molecule has 0 aliphatic heterocycles. The second-order valence-corrected chi connectivity index (χ2v) is 7.75. The van der Waals surface area contributed by atoms with Gasteiger partial charge < -0.3 is 25.2 Å².